The van der Waals surface area contributed by atoms with Crippen LogP contribution in [0.5, 0.6) is 0 Å². The van der Waals surface area contributed by atoms with E-state index in [4.69, 9.17) is 4.52 Å². The maximum atomic E-state index is 14.4. The Kier molecular flexibility index (Phi) is 7.94. The summed E-state index contributed by atoms with van der Waals surface area (Å²) in [6.07, 6.45) is 4.40. The third kappa shape index (κ3) is 4.61. The van der Waals surface area contributed by atoms with Crippen LogP contribution in [0, 0.1) is 17.8 Å². The lowest BCUT2D eigenvalue weighted by atomic mass is 9.75. The zero-order chi connectivity index (χ0) is 19.3. The van der Waals surface area contributed by atoms with Gasteiger partial charge in [0.25, 0.3) is 0 Å². The quantitative estimate of drug-likeness (QED) is 0.528. The highest BCUT2D eigenvalue weighted by atomic mass is 31.2. The molecule has 0 bridgehead atoms. The Morgan fingerprint density at radius 2 is 1.81 bits per heavy atom. The van der Waals surface area contributed by atoms with Gasteiger partial charge in [-0.15, -0.1) is 0 Å². The summed E-state index contributed by atoms with van der Waals surface area (Å²) in [5.74, 6) is 1.68. The Labute approximate surface area is 161 Å². The van der Waals surface area contributed by atoms with E-state index in [9.17, 15) is 4.57 Å². The number of aryl methyl sites for hydroxylation is 1. The van der Waals surface area contributed by atoms with Gasteiger partial charge >= 0.3 is 7.52 Å². The predicted molar refractivity (Wildman–Crippen MR) is 112 cm³/mol. The Morgan fingerprint density at radius 3 is 2.38 bits per heavy atom. The van der Waals surface area contributed by atoms with Gasteiger partial charge in [-0.25, -0.2) is 4.67 Å². The van der Waals surface area contributed by atoms with Crippen LogP contribution < -0.4 is 5.30 Å². The van der Waals surface area contributed by atoms with Gasteiger partial charge in [-0.3, -0.25) is 4.57 Å². The molecule has 0 heterocycles. The van der Waals surface area contributed by atoms with E-state index < -0.39 is 7.52 Å². The first-order chi connectivity index (χ1) is 12.4. The van der Waals surface area contributed by atoms with E-state index in [1.807, 2.05) is 18.2 Å². The maximum Gasteiger partial charge on any atom is 0.302 e. The molecule has 2 rings (SSSR count). The first kappa shape index (κ1) is 21.7. The molecule has 0 radical (unpaired) electrons. The van der Waals surface area contributed by atoms with E-state index in [1.54, 1.807) is 0 Å². The van der Waals surface area contributed by atoms with E-state index >= 15 is 0 Å². The number of hydrogen-bond donors (Lipinski definition) is 0. The lowest BCUT2D eigenvalue weighted by molar-refractivity contribution is 0.0428. The average Bonchev–Trinajstić information content (AvgIpc) is 2.62. The van der Waals surface area contributed by atoms with E-state index in [0.29, 0.717) is 17.8 Å². The monoisotopic (exact) mass is 379 g/mol. The Hall–Kier alpha value is -0.630. The molecule has 26 heavy (non-hydrogen) atoms. The molecular weight excluding hydrogens is 341 g/mol. The van der Waals surface area contributed by atoms with Crippen LogP contribution in [-0.4, -0.2) is 23.9 Å². The topological polar surface area (TPSA) is 29.5 Å². The molecule has 0 N–H and O–H groups in total. The molecule has 3 nitrogen and oxygen atoms in total. The molecule has 1 aromatic rings. The summed E-state index contributed by atoms with van der Waals surface area (Å²) >= 11 is 0. The molecule has 1 aromatic carbocycles. The van der Waals surface area contributed by atoms with Gasteiger partial charge in [0.05, 0.1) is 11.4 Å². The summed E-state index contributed by atoms with van der Waals surface area (Å²) in [6.45, 7) is 14.6. The van der Waals surface area contributed by atoms with Crippen molar-refractivity contribution >= 4 is 12.8 Å². The van der Waals surface area contributed by atoms with Crippen molar-refractivity contribution in [3.05, 3.63) is 29.8 Å². The molecule has 1 fully saturated rings. The summed E-state index contributed by atoms with van der Waals surface area (Å²) in [5, 5.41) is 0.909. The molecule has 1 unspecified atom stereocenters. The van der Waals surface area contributed by atoms with Crippen LogP contribution in [0.1, 0.15) is 66.4 Å². The number of rotatable bonds is 8. The first-order valence-corrected chi connectivity index (χ1v) is 12.1. The third-order valence-corrected chi connectivity index (χ3v) is 8.93. The van der Waals surface area contributed by atoms with Gasteiger partial charge in [0.1, 0.15) is 0 Å². The fourth-order valence-corrected chi connectivity index (χ4v) is 7.15. The second kappa shape index (κ2) is 9.53. The molecule has 0 amide bonds. The predicted octanol–water partition coefficient (Wildman–Crippen LogP) is 5.89. The summed E-state index contributed by atoms with van der Waals surface area (Å²) in [7, 11) is -3.07. The van der Waals surface area contributed by atoms with Crippen LogP contribution in [0.3, 0.4) is 0 Å². The standard InChI is InChI=1S/C22H38NO2P/c1-7-19-12-10-11-13-22(19)26(24,23(8-2)9-3)25-21-16-18(6)14-15-20(21)17(4)5/h10-13,17-18,20-21H,7-9,14-16H2,1-6H3/t18-,20+,21-,26?/m1/s1. The van der Waals surface area contributed by atoms with Crippen LogP contribution in [0.4, 0.5) is 0 Å². The molecular formula is C22H38NO2P. The van der Waals surface area contributed by atoms with E-state index in [2.05, 4.69) is 52.3 Å². The SMILES string of the molecule is CCc1ccccc1P(=O)(O[C@@H]1C[C@H](C)CC[C@H]1C(C)C)N(CC)CC. The maximum absolute atomic E-state index is 14.4. The van der Waals surface area contributed by atoms with Crippen molar-refractivity contribution in [2.45, 2.75) is 73.3 Å². The second-order valence-corrected chi connectivity index (χ2v) is 10.4. The van der Waals surface area contributed by atoms with Crippen LogP contribution >= 0.6 is 7.52 Å². The summed E-state index contributed by atoms with van der Waals surface area (Å²) in [6, 6.07) is 8.15. The minimum Gasteiger partial charge on any atom is -0.310 e. The normalized spacial score (nSPS) is 26.2. The molecule has 1 saturated carbocycles. The van der Waals surface area contributed by atoms with Crippen LogP contribution in [0.15, 0.2) is 24.3 Å². The molecule has 148 valence electrons. The third-order valence-electron chi connectivity index (χ3n) is 6.02. The van der Waals surface area contributed by atoms with Gasteiger partial charge in [-0.1, -0.05) is 66.2 Å². The number of nitrogens with zero attached hydrogens (tertiary/aromatic N) is 1. The highest BCUT2D eigenvalue weighted by molar-refractivity contribution is 7.64. The molecule has 0 saturated heterocycles. The van der Waals surface area contributed by atoms with Crippen LogP contribution in [-0.2, 0) is 15.5 Å². The van der Waals surface area contributed by atoms with E-state index in [0.717, 1.165) is 36.8 Å². The minimum atomic E-state index is -3.07. The van der Waals surface area contributed by atoms with E-state index in [1.165, 1.54) is 12.8 Å². The van der Waals surface area contributed by atoms with Gasteiger partial charge < -0.3 is 4.52 Å². The first-order valence-electron chi connectivity index (χ1n) is 10.5. The van der Waals surface area contributed by atoms with Gasteiger partial charge in [0, 0.05) is 13.1 Å². The summed E-state index contributed by atoms with van der Waals surface area (Å²) in [4.78, 5) is 0. The fourth-order valence-electron chi connectivity index (χ4n) is 4.38. The smallest absolute Gasteiger partial charge is 0.302 e. The molecule has 1 aliphatic rings. The van der Waals surface area contributed by atoms with Crippen molar-refractivity contribution < 1.29 is 9.09 Å². The van der Waals surface area contributed by atoms with Crippen LogP contribution in [0.25, 0.3) is 0 Å². The Bertz CT molecular complexity index is 612. The lowest BCUT2D eigenvalue weighted by Gasteiger charge is -2.41. The molecule has 4 atom stereocenters. The zero-order valence-corrected chi connectivity index (χ0v) is 18.5. The zero-order valence-electron chi connectivity index (χ0n) is 17.6. The largest absolute Gasteiger partial charge is 0.310 e. The lowest BCUT2D eigenvalue weighted by Crippen LogP contribution is -2.38. The van der Waals surface area contributed by atoms with Crippen molar-refractivity contribution in [3.8, 4) is 0 Å². The van der Waals surface area contributed by atoms with Gasteiger partial charge in [0.15, 0.2) is 0 Å². The average molecular weight is 380 g/mol. The number of benzene rings is 1. The van der Waals surface area contributed by atoms with Gasteiger partial charge in [-0.2, -0.15) is 0 Å². The Balaban J connectivity index is 2.46. The van der Waals surface area contributed by atoms with E-state index in [-0.39, 0.29) is 6.10 Å². The molecule has 0 aliphatic heterocycles. The highest BCUT2D eigenvalue weighted by Gasteiger charge is 2.41. The van der Waals surface area contributed by atoms with Crippen LogP contribution in [0.2, 0.25) is 0 Å². The molecule has 4 heteroatoms. The van der Waals surface area contributed by atoms with Crippen molar-refractivity contribution in [2.24, 2.45) is 17.8 Å². The molecule has 0 spiro atoms. The summed E-state index contributed by atoms with van der Waals surface area (Å²) < 4.78 is 23.1. The van der Waals surface area contributed by atoms with Crippen molar-refractivity contribution in [1.29, 1.82) is 0 Å². The molecule has 1 aliphatic carbocycles. The van der Waals surface area contributed by atoms with Crippen molar-refractivity contribution in [3.63, 3.8) is 0 Å². The minimum absolute atomic E-state index is 0.0788. The Morgan fingerprint density at radius 1 is 1.15 bits per heavy atom. The van der Waals surface area contributed by atoms with Gasteiger partial charge in [0.2, 0.25) is 0 Å². The summed E-state index contributed by atoms with van der Waals surface area (Å²) in [5.41, 5.74) is 1.15. The van der Waals surface area contributed by atoms with Crippen molar-refractivity contribution in [2.75, 3.05) is 13.1 Å². The highest BCUT2D eigenvalue weighted by Crippen LogP contribution is 2.54. The molecule has 0 aromatic heterocycles. The fraction of sp³-hybridized carbons (Fsp3) is 0.727. The second-order valence-electron chi connectivity index (χ2n) is 8.11. The van der Waals surface area contributed by atoms with Crippen molar-refractivity contribution in [1.82, 2.24) is 4.67 Å². The number of hydrogen-bond acceptors (Lipinski definition) is 2. The van der Waals surface area contributed by atoms with Gasteiger partial charge in [-0.05, 0) is 48.6 Å².